The molecule has 2 N–H and O–H groups in total. The summed E-state index contributed by atoms with van der Waals surface area (Å²) in [5.74, 6) is 2.07. The van der Waals surface area contributed by atoms with Gasteiger partial charge in [0.1, 0.15) is 0 Å². The summed E-state index contributed by atoms with van der Waals surface area (Å²) in [6.07, 6.45) is 3.37. The summed E-state index contributed by atoms with van der Waals surface area (Å²) in [7, 11) is 1.83. The summed E-state index contributed by atoms with van der Waals surface area (Å²) >= 11 is 2.05. The molecule has 1 fully saturated rings. The van der Waals surface area contributed by atoms with E-state index in [4.69, 9.17) is 4.74 Å². The SMILES string of the molecule is CCCNC(=NC)NCC1(SCC)CCOCC1. The molecule has 1 rings (SSSR count). The van der Waals surface area contributed by atoms with Crippen LogP contribution in [0.2, 0.25) is 0 Å². The molecule has 0 aromatic heterocycles. The summed E-state index contributed by atoms with van der Waals surface area (Å²) < 4.78 is 5.80. The molecule has 0 aromatic rings. The number of guanidine groups is 1. The lowest BCUT2D eigenvalue weighted by molar-refractivity contribution is 0.0782. The zero-order chi connectivity index (χ0) is 13.3. The van der Waals surface area contributed by atoms with Crippen molar-refractivity contribution in [1.29, 1.82) is 0 Å². The van der Waals surface area contributed by atoms with E-state index < -0.39 is 0 Å². The molecule has 0 bridgehead atoms. The van der Waals surface area contributed by atoms with Crippen LogP contribution in [0.4, 0.5) is 0 Å². The smallest absolute Gasteiger partial charge is 0.191 e. The van der Waals surface area contributed by atoms with Gasteiger partial charge in [-0.25, -0.2) is 0 Å². The first-order valence-electron chi connectivity index (χ1n) is 6.92. The lowest BCUT2D eigenvalue weighted by atomic mass is 9.99. The number of hydrogen-bond donors (Lipinski definition) is 2. The van der Waals surface area contributed by atoms with Crippen molar-refractivity contribution in [3.05, 3.63) is 0 Å². The maximum Gasteiger partial charge on any atom is 0.191 e. The van der Waals surface area contributed by atoms with Crippen LogP contribution in [0.25, 0.3) is 0 Å². The van der Waals surface area contributed by atoms with Crippen LogP contribution in [-0.4, -0.2) is 49.8 Å². The molecule has 18 heavy (non-hydrogen) atoms. The average Bonchev–Trinajstić information content (AvgIpc) is 2.40. The van der Waals surface area contributed by atoms with Crippen molar-refractivity contribution in [1.82, 2.24) is 10.6 Å². The minimum Gasteiger partial charge on any atom is -0.381 e. The molecule has 0 saturated carbocycles. The van der Waals surface area contributed by atoms with E-state index in [0.717, 1.165) is 57.3 Å². The highest BCUT2D eigenvalue weighted by Crippen LogP contribution is 2.34. The van der Waals surface area contributed by atoms with Crippen LogP contribution < -0.4 is 10.6 Å². The molecule has 0 amide bonds. The number of aliphatic imine (C=N–C) groups is 1. The molecule has 1 saturated heterocycles. The van der Waals surface area contributed by atoms with Crippen molar-refractivity contribution in [2.45, 2.75) is 37.9 Å². The molecule has 0 aliphatic carbocycles. The molecule has 0 atom stereocenters. The van der Waals surface area contributed by atoms with Crippen LogP contribution in [0.1, 0.15) is 33.1 Å². The number of rotatable bonds is 6. The van der Waals surface area contributed by atoms with Crippen LogP contribution in [0.15, 0.2) is 4.99 Å². The van der Waals surface area contributed by atoms with E-state index in [1.54, 1.807) is 0 Å². The molecule has 0 spiro atoms. The predicted molar refractivity (Wildman–Crippen MR) is 80.6 cm³/mol. The summed E-state index contributed by atoms with van der Waals surface area (Å²) in [5, 5.41) is 6.78. The number of nitrogens with one attached hydrogen (secondary N) is 2. The first-order valence-corrected chi connectivity index (χ1v) is 7.91. The quantitative estimate of drug-likeness (QED) is 0.573. The van der Waals surface area contributed by atoms with Gasteiger partial charge in [0.15, 0.2) is 5.96 Å². The zero-order valence-electron chi connectivity index (χ0n) is 11.9. The van der Waals surface area contributed by atoms with Crippen LogP contribution in [0.5, 0.6) is 0 Å². The van der Waals surface area contributed by atoms with E-state index in [9.17, 15) is 0 Å². The van der Waals surface area contributed by atoms with E-state index in [-0.39, 0.29) is 0 Å². The van der Waals surface area contributed by atoms with Gasteiger partial charge in [0.25, 0.3) is 0 Å². The fourth-order valence-corrected chi connectivity index (χ4v) is 3.37. The zero-order valence-corrected chi connectivity index (χ0v) is 12.7. The largest absolute Gasteiger partial charge is 0.381 e. The third-order valence-electron chi connectivity index (χ3n) is 3.20. The van der Waals surface area contributed by atoms with Crippen LogP contribution in [0, 0.1) is 0 Å². The number of ether oxygens (including phenoxy) is 1. The summed E-state index contributed by atoms with van der Waals surface area (Å²) in [6, 6.07) is 0. The topological polar surface area (TPSA) is 45.7 Å². The van der Waals surface area contributed by atoms with E-state index in [1.807, 2.05) is 7.05 Å². The number of hydrogen-bond acceptors (Lipinski definition) is 3. The second-order valence-corrected chi connectivity index (χ2v) is 6.31. The van der Waals surface area contributed by atoms with Gasteiger partial charge in [-0.1, -0.05) is 13.8 Å². The van der Waals surface area contributed by atoms with Crippen molar-refractivity contribution in [3.8, 4) is 0 Å². The fourth-order valence-electron chi connectivity index (χ4n) is 2.13. The number of nitrogens with zero attached hydrogens (tertiary/aromatic N) is 1. The van der Waals surface area contributed by atoms with Gasteiger partial charge in [-0.15, -0.1) is 0 Å². The molecule has 0 aromatic carbocycles. The lowest BCUT2D eigenvalue weighted by Crippen LogP contribution is -2.48. The molecule has 0 radical (unpaired) electrons. The molecule has 1 aliphatic heterocycles. The van der Waals surface area contributed by atoms with Gasteiger partial charge in [0.2, 0.25) is 0 Å². The van der Waals surface area contributed by atoms with Gasteiger partial charge >= 0.3 is 0 Å². The Labute approximate surface area is 115 Å². The molecule has 106 valence electrons. The van der Waals surface area contributed by atoms with E-state index in [2.05, 4.69) is 41.2 Å². The Morgan fingerprint density at radius 3 is 2.56 bits per heavy atom. The van der Waals surface area contributed by atoms with Crippen LogP contribution in [0.3, 0.4) is 0 Å². The van der Waals surface area contributed by atoms with Gasteiger partial charge in [-0.3, -0.25) is 4.99 Å². The van der Waals surface area contributed by atoms with Crippen molar-refractivity contribution in [3.63, 3.8) is 0 Å². The minimum atomic E-state index is 0.316. The summed E-state index contributed by atoms with van der Waals surface area (Å²) in [6.45, 7) is 8.10. The van der Waals surface area contributed by atoms with Gasteiger partial charge in [0.05, 0.1) is 0 Å². The Kier molecular flexibility index (Phi) is 7.51. The van der Waals surface area contributed by atoms with E-state index in [1.165, 1.54) is 0 Å². The first-order chi connectivity index (χ1) is 8.76. The van der Waals surface area contributed by atoms with Crippen molar-refractivity contribution in [2.75, 3.05) is 39.1 Å². The van der Waals surface area contributed by atoms with E-state index >= 15 is 0 Å². The molecular weight excluding hydrogens is 246 g/mol. The monoisotopic (exact) mass is 273 g/mol. The Morgan fingerprint density at radius 1 is 1.28 bits per heavy atom. The summed E-state index contributed by atoms with van der Waals surface area (Å²) in [4.78, 5) is 4.26. The van der Waals surface area contributed by atoms with E-state index in [0.29, 0.717) is 4.75 Å². The maximum absolute atomic E-state index is 5.48. The second-order valence-electron chi connectivity index (χ2n) is 4.58. The maximum atomic E-state index is 5.48. The van der Waals surface area contributed by atoms with Crippen molar-refractivity contribution >= 4 is 17.7 Å². The number of thioether (sulfide) groups is 1. The van der Waals surface area contributed by atoms with Gasteiger partial charge < -0.3 is 15.4 Å². The molecule has 4 nitrogen and oxygen atoms in total. The Balaban J connectivity index is 2.45. The van der Waals surface area contributed by atoms with Gasteiger partial charge in [-0.2, -0.15) is 11.8 Å². The first kappa shape index (κ1) is 15.6. The van der Waals surface area contributed by atoms with Crippen molar-refractivity contribution in [2.24, 2.45) is 4.99 Å². The second kappa shape index (κ2) is 8.64. The normalized spacial score (nSPS) is 19.6. The average molecular weight is 273 g/mol. The molecule has 5 heteroatoms. The van der Waals surface area contributed by atoms with Gasteiger partial charge in [-0.05, 0) is 25.0 Å². The standard InChI is InChI=1S/C13H27N3OS/c1-4-8-15-12(14-3)16-11-13(18-5-2)6-9-17-10-7-13/h4-11H2,1-3H3,(H2,14,15,16). The molecule has 1 heterocycles. The Morgan fingerprint density at radius 2 is 2.00 bits per heavy atom. The Hall–Kier alpha value is -0.420. The molecule has 1 aliphatic rings. The van der Waals surface area contributed by atoms with Crippen LogP contribution in [-0.2, 0) is 4.74 Å². The highest BCUT2D eigenvalue weighted by Gasteiger charge is 2.32. The highest BCUT2D eigenvalue weighted by molar-refractivity contribution is 8.00. The fraction of sp³-hybridized carbons (Fsp3) is 0.923. The Bertz CT molecular complexity index is 247. The molecular formula is C13H27N3OS. The minimum absolute atomic E-state index is 0.316. The highest BCUT2D eigenvalue weighted by atomic mass is 32.2. The van der Waals surface area contributed by atoms with Crippen molar-refractivity contribution < 1.29 is 4.74 Å². The molecule has 0 unspecified atom stereocenters. The predicted octanol–water partition coefficient (Wildman–Crippen LogP) is 1.86. The third-order valence-corrected chi connectivity index (χ3v) is 4.65. The van der Waals surface area contributed by atoms with Gasteiger partial charge in [0, 0.05) is 38.1 Å². The lowest BCUT2D eigenvalue weighted by Gasteiger charge is -2.37. The summed E-state index contributed by atoms with van der Waals surface area (Å²) in [5.41, 5.74) is 0. The third kappa shape index (κ3) is 5.06. The van der Waals surface area contributed by atoms with Crippen LogP contribution >= 0.6 is 11.8 Å².